The summed E-state index contributed by atoms with van der Waals surface area (Å²) < 4.78 is 6.34. The van der Waals surface area contributed by atoms with Gasteiger partial charge in [0.1, 0.15) is 6.54 Å². The van der Waals surface area contributed by atoms with Gasteiger partial charge >= 0.3 is 0 Å². The second kappa shape index (κ2) is 6.44. The van der Waals surface area contributed by atoms with Crippen molar-refractivity contribution in [3.05, 3.63) is 0 Å². The molecule has 0 unspecified atom stereocenters. The minimum Gasteiger partial charge on any atom is -0.379 e. The highest BCUT2D eigenvalue weighted by Gasteiger charge is 2.20. The fourth-order valence-electron chi connectivity index (χ4n) is 1.73. The van der Waals surface area contributed by atoms with Crippen molar-refractivity contribution in [1.29, 1.82) is 0 Å². The van der Waals surface area contributed by atoms with E-state index >= 15 is 0 Å². The average Bonchev–Trinajstić information content (AvgIpc) is 2.13. The Balaban J connectivity index is 3.95. The lowest BCUT2D eigenvalue weighted by molar-refractivity contribution is -0.925. The molecule has 2 heteroatoms. The standard InChI is InChI=1S/C10H24NO/c1-5-8-11(6-2,7-3)9-10-12-4/h5-10H2,1-4H3/q+1. The number of quaternary nitrogens is 1. The van der Waals surface area contributed by atoms with E-state index in [1.807, 2.05) is 0 Å². The molecule has 0 bridgehead atoms. The Morgan fingerprint density at radius 3 is 1.92 bits per heavy atom. The molecule has 0 aliphatic rings. The molecule has 12 heavy (non-hydrogen) atoms. The van der Waals surface area contributed by atoms with E-state index in [0.717, 1.165) is 13.2 Å². The van der Waals surface area contributed by atoms with Gasteiger partial charge in [-0.05, 0) is 20.3 Å². The highest BCUT2D eigenvalue weighted by Crippen LogP contribution is 2.06. The summed E-state index contributed by atoms with van der Waals surface area (Å²) in [6, 6.07) is 0. The third kappa shape index (κ3) is 3.55. The maximum absolute atomic E-state index is 5.13. The number of ether oxygens (including phenoxy) is 1. The number of likely N-dealkylation sites (N-methyl/N-ethyl adjacent to an activating group) is 1. The summed E-state index contributed by atoms with van der Waals surface area (Å²) in [6.45, 7) is 12.6. The van der Waals surface area contributed by atoms with E-state index in [0.29, 0.717) is 0 Å². The molecule has 0 spiro atoms. The van der Waals surface area contributed by atoms with Crippen molar-refractivity contribution in [1.82, 2.24) is 0 Å². The van der Waals surface area contributed by atoms with Crippen LogP contribution in [0.4, 0.5) is 0 Å². The first-order valence-corrected chi connectivity index (χ1v) is 5.08. The summed E-state index contributed by atoms with van der Waals surface area (Å²) in [5.41, 5.74) is 0. The molecule has 0 aromatic rings. The van der Waals surface area contributed by atoms with E-state index in [2.05, 4.69) is 20.8 Å². The Morgan fingerprint density at radius 1 is 1.00 bits per heavy atom. The lowest BCUT2D eigenvalue weighted by Gasteiger charge is -2.36. The first-order chi connectivity index (χ1) is 5.74. The van der Waals surface area contributed by atoms with Crippen LogP contribution < -0.4 is 0 Å². The van der Waals surface area contributed by atoms with Crippen LogP contribution in [0.5, 0.6) is 0 Å². The molecule has 2 nitrogen and oxygen atoms in total. The second-order valence-corrected chi connectivity index (χ2v) is 3.41. The molecule has 0 aromatic carbocycles. The average molecular weight is 174 g/mol. The van der Waals surface area contributed by atoms with Gasteiger partial charge in [-0.2, -0.15) is 0 Å². The molecule has 0 rings (SSSR count). The van der Waals surface area contributed by atoms with Crippen LogP contribution in [0, 0.1) is 0 Å². The van der Waals surface area contributed by atoms with Crippen LogP contribution in [0.3, 0.4) is 0 Å². The first-order valence-electron chi connectivity index (χ1n) is 5.08. The van der Waals surface area contributed by atoms with E-state index in [1.165, 1.54) is 30.5 Å². The van der Waals surface area contributed by atoms with Gasteiger partial charge in [-0.25, -0.2) is 0 Å². The largest absolute Gasteiger partial charge is 0.379 e. The number of hydrogen-bond acceptors (Lipinski definition) is 1. The molecule has 0 amide bonds. The van der Waals surface area contributed by atoms with Crippen molar-refractivity contribution in [3.63, 3.8) is 0 Å². The predicted molar refractivity (Wildman–Crippen MR) is 53.2 cm³/mol. The molecule has 0 heterocycles. The fraction of sp³-hybridized carbons (Fsp3) is 1.00. The van der Waals surface area contributed by atoms with Gasteiger partial charge in [-0.3, -0.25) is 0 Å². The van der Waals surface area contributed by atoms with Gasteiger partial charge in [0.2, 0.25) is 0 Å². The Morgan fingerprint density at radius 2 is 1.58 bits per heavy atom. The van der Waals surface area contributed by atoms with Gasteiger partial charge in [-0.1, -0.05) is 6.92 Å². The third-order valence-electron chi connectivity index (χ3n) is 2.81. The number of nitrogens with zero attached hydrogens (tertiary/aromatic N) is 1. The van der Waals surface area contributed by atoms with Crippen LogP contribution in [0.2, 0.25) is 0 Å². The number of methoxy groups -OCH3 is 1. The highest BCUT2D eigenvalue weighted by molar-refractivity contribution is 4.39. The molecule has 0 aromatic heterocycles. The quantitative estimate of drug-likeness (QED) is 0.536. The highest BCUT2D eigenvalue weighted by atomic mass is 16.5. The maximum Gasteiger partial charge on any atom is 0.102 e. The second-order valence-electron chi connectivity index (χ2n) is 3.41. The number of rotatable bonds is 7. The van der Waals surface area contributed by atoms with Gasteiger partial charge in [0, 0.05) is 7.11 Å². The molecule has 0 radical (unpaired) electrons. The summed E-state index contributed by atoms with van der Waals surface area (Å²) in [6.07, 6.45) is 1.27. The zero-order chi connectivity index (χ0) is 9.45. The summed E-state index contributed by atoms with van der Waals surface area (Å²) in [5, 5.41) is 0. The van der Waals surface area contributed by atoms with Gasteiger partial charge in [-0.15, -0.1) is 0 Å². The summed E-state index contributed by atoms with van der Waals surface area (Å²) in [5.74, 6) is 0. The van der Waals surface area contributed by atoms with Crippen molar-refractivity contribution in [2.75, 3.05) is 39.9 Å². The molecule has 0 fully saturated rings. The molecule has 0 atom stereocenters. The molecule has 0 saturated heterocycles. The number of hydrogen-bond donors (Lipinski definition) is 0. The molecular weight excluding hydrogens is 150 g/mol. The van der Waals surface area contributed by atoms with Crippen LogP contribution in [0.15, 0.2) is 0 Å². The molecule has 0 aliphatic carbocycles. The normalized spacial score (nSPS) is 12.0. The summed E-state index contributed by atoms with van der Waals surface area (Å²) in [7, 11) is 1.78. The topological polar surface area (TPSA) is 9.23 Å². The molecule has 0 aliphatic heterocycles. The van der Waals surface area contributed by atoms with Crippen molar-refractivity contribution >= 4 is 0 Å². The lowest BCUT2D eigenvalue weighted by atomic mass is 10.3. The molecule has 0 saturated carbocycles. The zero-order valence-electron chi connectivity index (χ0n) is 9.10. The van der Waals surface area contributed by atoms with Crippen LogP contribution >= 0.6 is 0 Å². The Hall–Kier alpha value is -0.0800. The monoisotopic (exact) mass is 174 g/mol. The summed E-state index contributed by atoms with van der Waals surface area (Å²) >= 11 is 0. The maximum atomic E-state index is 5.13. The summed E-state index contributed by atoms with van der Waals surface area (Å²) in [4.78, 5) is 0. The smallest absolute Gasteiger partial charge is 0.102 e. The van der Waals surface area contributed by atoms with Crippen molar-refractivity contribution < 1.29 is 9.22 Å². The minimum atomic E-state index is 0.891. The zero-order valence-corrected chi connectivity index (χ0v) is 9.10. The Kier molecular flexibility index (Phi) is 6.39. The fourth-order valence-corrected chi connectivity index (χ4v) is 1.73. The van der Waals surface area contributed by atoms with Crippen molar-refractivity contribution in [2.24, 2.45) is 0 Å². The molecule has 0 N–H and O–H groups in total. The van der Waals surface area contributed by atoms with Crippen LogP contribution in [0.1, 0.15) is 27.2 Å². The lowest BCUT2D eigenvalue weighted by Crippen LogP contribution is -2.50. The molecule has 74 valence electrons. The minimum absolute atomic E-state index is 0.891. The van der Waals surface area contributed by atoms with Gasteiger partial charge in [0.05, 0.1) is 26.2 Å². The van der Waals surface area contributed by atoms with Gasteiger partial charge < -0.3 is 9.22 Å². The van der Waals surface area contributed by atoms with Crippen molar-refractivity contribution in [3.8, 4) is 0 Å². The van der Waals surface area contributed by atoms with Gasteiger partial charge in [0.25, 0.3) is 0 Å². The van der Waals surface area contributed by atoms with Gasteiger partial charge in [0.15, 0.2) is 0 Å². The van der Waals surface area contributed by atoms with Crippen molar-refractivity contribution in [2.45, 2.75) is 27.2 Å². The Labute approximate surface area is 77.1 Å². The van der Waals surface area contributed by atoms with E-state index < -0.39 is 0 Å². The van der Waals surface area contributed by atoms with E-state index in [1.54, 1.807) is 7.11 Å². The van der Waals surface area contributed by atoms with Crippen LogP contribution in [-0.4, -0.2) is 44.4 Å². The third-order valence-corrected chi connectivity index (χ3v) is 2.81. The first kappa shape index (κ1) is 11.9. The van der Waals surface area contributed by atoms with E-state index in [4.69, 9.17) is 4.74 Å². The van der Waals surface area contributed by atoms with E-state index in [-0.39, 0.29) is 0 Å². The SMILES string of the molecule is CCC[N+](CC)(CC)CCOC. The van der Waals surface area contributed by atoms with Crippen LogP contribution in [-0.2, 0) is 4.74 Å². The Bertz CT molecular complexity index is 100. The molecular formula is C10H24NO+. The van der Waals surface area contributed by atoms with Crippen LogP contribution in [0.25, 0.3) is 0 Å². The predicted octanol–water partition coefficient (Wildman–Crippen LogP) is 1.90. The van der Waals surface area contributed by atoms with E-state index in [9.17, 15) is 0 Å².